The summed E-state index contributed by atoms with van der Waals surface area (Å²) in [5.74, 6) is 0. The Morgan fingerprint density at radius 2 is 1.80 bits per heavy atom. The Labute approximate surface area is 265 Å². The fraction of sp³-hybridized carbons (Fsp3) is 0.412. The fourth-order valence-electron chi connectivity index (χ4n) is 6.44. The minimum absolute atomic E-state index is 0.0131. The molecule has 2 heterocycles. The number of rotatable bonds is 8. The zero-order chi connectivity index (χ0) is 33.2. The highest BCUT2D eigenvalue weighted by atomic mass is 19.4. The van der Waals surface area contributed by atoms with Gasteiger partial charge in [0.05, 0.1) is 46.2 Å². The molecule has 0 saturated heterocycles. The van der Waals surface area contributed by atoms with Crippen LogP contribution in [0.25, 0.3) is 22.8 Å². The molecule has 4 aromatic rings. The van der Waals surface area contributed by atoms with E-state index in [9.17, 15) is 28.0 Å². The van der Waals surface area contributed by atoms with Gasteiger partial charge in [-0.1, -0.05) is 19.4 Å². The first-order valence-corrected chi connectivity index (χ1v) is 15.4. The minimum Gasteiger partial charge on any atom is -0.335 e. The summed E-state index contributed by atoms with van der Waals surface area (Å²) >= 11 is 0. The number of carbonyl (C=O) groups excluding carboxylic acids is 1. The van der Waals surface area contributed by atoms with Gasteiger partial charge in [-0.05, 0) is 114 Å². The number of benzene rings is 2. The second-order valence-electron chi connectivity index (χ2n) is 12.4. The van der Waals surface area contributed by atoms with Crippen LogP contribution >= 0.6 is 0 Å². The van der Waals surface area contributed by atoms with E-state index in [0.717, 1.165) is 66.3 Å². The van der Waals surface area contributed by atoms with Crippen molar-refractivity contribution in [1.82, 2.24) is 29.1 Å². The minimum atomic E-state index is -4.62. The van der Waals surface area contributed by atoms with Crippen molar-refractivity contribution >= 4 is 6.03 Å². The molecular weight excluding hydrogens is 595 g/mol. The molecule has 0 aliphatic heterocycles. The van der Waals surface area contributed by atoms with Crippen LogP contribution < -0.4 is 11.0 Å². The molecule has 1 fully saturated rings. The summed E-state index contributed by atoms with van der Waals surface area (Å²) in [5.41, 5.74) is 0.365. The van der Waals surface area contributed by atoms with Gasteiger partial charge >= 0.3 is 17.9 Å². The quantitative estimate of drug-likeness (QED) is 0.238. The molecule has 2 aromatic heterocycles. The Hall–Kier alpha value is -4.63. The molecule has 2 aromatic carbocycles. The molecule has 1 saturated carbocycles. The number of nitriles is 1. The molecular formula is C34H38F3N7O2. The Balaban J connectivity index is 1.56. The molecule has 1 aliphatic rings. The molecule has 1 amide bonds. The Morgan fingerprint density at radius 1 is 1.11 bits per heavy atom. The predicted molar refractivity (Wildman–Crippen MR) is 169 cm³/mol. The van der Waals surface area contributed by atoms with Gasteiger partial charge in [0.2, 0.25) is 0 Å². The molecule has 12 heteroatoms. The Morgan fingerprint density at radius 3 is 2.41 bits per heavy atom. The first kappa shape index (κ1) is 32.8. The molecule has 1 N–H and O–H groups in total. The van der Waals surface area contributed by atoms with Crippen LogP contribution in [0.3, 0.4) is 0 Å². The summed E-state index contributed by atoms with van der Waals surface area (Å²) in [6.45, 7) is 4.79. The zero-order valence-electron chi connectivity index (χ0n) is 26.4. The number of nitrogens with one attached hydrogen (secondary N) is 1. The van der Waals surface area contributed by atoms with E-state index in [2.05, 4.69) is 42.4 Å². The topological polar surface area (TPSA) is 101 Å². The van der Waals surface area contributed by atoms with Crippen LogP contribution in [0.4, 0.5) is 18.0 Å². The van der Waals surface area contributed by atoms with Gasteiger partial charge in [-0.2, -0.15) is 23.5 Å². The van der Waals surface area contributed by atoms with E-state index >= 15 is 0 Å². The van der Waals surface area contributed by atoms with Gasteiger partial charge in [0.1, 0.15) is 5.69 Å². The largest absolute Gasteiger partial charge is 0.416 e. The van der Waals surface area contributed by atoms with E-state index in [0.29, 0.717) is 16.9 Å². The third-order valence-electron chi connectivity index (χ3n) is 9.26. The summed E-state index contributed by atoms with van der Waals surface area (Å²) in [7, 11) is 4.12. The van der Waals surface area contributed by atoms with Crippen molar-refractivity contribution in [3.05, 3.63) is 88.1 Å². The number of imidazole rings is 1. The number of halogens is 3. The third kappa shape index (κ3) is 6.51. The molecule has 0 bridgehead atoms. The van der Waals surface area contributed by atoms with Gasteiger partial charge in [-0.3, -0.25) is 4.57 Å². The predicted octanol–water partition coefficient (Wildman–Crippen LogP) is 6.54. The van der Waals surface area contributed by atoms with Crippen LogP contribution in [0, 0.1) is 23.7 Å². The number of hydrogen-bond donors (Lipinski definition) is 1. The van der Waals surface area contributed by atoms with Crippen LogP contribution in [-0.2, 0) is 6.18 Å². The van der Waals surface area contributed by atoms with E-state index in [1.165, 1.54) is 23.0 Å². The highest BCUT2D eigenvalue weighted by Gasteiger charge is 2.36. The number of hydrogen-bond acceptors (Lipinski definition) is 5. The molecule has 1 aliphatic carbocycles. The molecule has 0 spiro atoms. The average Bonchev–Trinajstić information content (AvgIpc) is 3.62. The molecule has 242 valence electrons. The number of nitrogens with zero attached hydrogens (tertiary/aromatic N) is 6. The highest BCUT2D eigenvalue weighted by Crippen LogP contribution is 2.42. The molecule has 0 radical (unpaired) electrons. The molecule has 0 unspecified atom stereocenters. The number of carbonyl (C=O) groups is 1. The van der Waals surface area contributed by atoms with Gasteiger partial charge in [0.25, 0.3) is 0 Å². The van der Waals surface area contributed by atoms with Crippen LogP contribution in [-0.4, -0.2) is 56.5 Å². The lowest BCUT2D eigenvalue weighted by Gasteiger charge is -2.40. The Bertz CT molecular complexity index is 1800. The second kappa shape index (κ2) is 13.0. The smallest absolute Gasteiger partial charge is 0.335 e. The summed E-state index contributed by atoms with van der Waals surface area (Å²) in [4.78, 5) is 30.3. The van der Waals surface area contributed by atoms with Gasteiger partial charge in [-0.15, -0.1) is 0 Å². The van der Waals surface area contributed by atoms with Crippen molar-refractivity contribution in [3.8, 4) is 28.8 Å². The maximum Gasteiger partial charge on any atom is 0.416 e. The van der Waals surface area contributed by atoms with Crippen molar-refractivity contribution in [3.63, 3.8) is 0 Å². The van der Waals surface area contributed by atoms with Gasteiger partial charge in [-0.25, -0.2) is 18.8 Å². The summed E-state index contributed by atoms with van der Waals surface area (Å²) in [6.07, 6.45) is 2.41. The first-order valence-electron chi connectivity index (χ1n) is 15.4. The van der Waals surface area contributed by atoms with Crippen LogP contribution in [0.1, 0.15) is 62.3 Å². The van der Waals surface area contributed by atoms with Gasteiger partial charge < -0.3 is 10.2 Å². The SMILES string of the molecule is CCC1(CCN(C)C)CCC(NC(=O)n2c(-c3ccnn3-c3ccc(C#N)cc3)c(C)n(-c3cccc(C(F)(F)F)c3)c2=O)CC1. The van der Waals surface area contributed by atoms with Crippen molar-refractivity contribution in [2.45, 2.75) is 64.6 Å². The average molecular weight is 634 g/mol. The second-order valence-corrected chi connectivity index (χ2v) is 12.4. The van der Waals surface area contributed by atoms with Crippen molar-refractivity contribution in [1.29, 1.82) is 5.26 Å². The van der Waals surface area contributed by atoms with Crippen LogP contribution in [0.5, 0.6) is 0 Å². The standard InChI is InChI=1S/C34H38F3N7O2/c1-5-33(18-20-41(3)4)16-13-26(14-17-33)40-31(45)43-30(29-15-19-39-44(29)27-11-9-24(22-38)10-12-27)23(2)42(32(43)46)28-8-6-7-25(21-28)34(35,36)37/h6-12,15,19,21,26H,5,13-14,16-18,20H2,1-4H3,(H,40,45). The van der Waals surface area contributed by atoms with E-state index in [1.807, 2.05) is 0 Å². The zero-order valence-corrected chi connectivity index (χ0v) is 26.4. The van der Waals surface area contributed by atoms with E-state index in [4.69, 9.17) is 0 Å². The van der Waals surface area contributed by atoms with E-state index < -0.39 is 23.5 Å². The first-order chi connectivity index (χ1) is 21.9. The fourth-order valence-corrected chi connectivity index (χ4v) is 6.44. The normalized spacial score (nSPS) is 18.5. The van der Waals surface area contributed by atoms with Crippen LogP contribution in [0.2, 0.25) is 0 Å². The highest BCUT2D eigenvalue weighted by molar-refractivity contribution is 5.83. The lowest BCUT2D eigenvalue weighted by molar-refractivity contribution is -0.137. The van der Waals surface area contributed by atoms with Crippen molar-refractivity contribution in [2.75, 3.05) is 20.6 Å². The van der Waals surface area contributed by atoms with Crippen LogP contribution in [0.15, 0.2) is 65.6 Å². The number of aromatic nitrogens is 4. The van der Waals surface area contributed by atoms with E-state index in [1.54, 1.807) is 37.3 Å². The molecule has 0 atom stereocenters. The summed E-state index contributed by atoms with van der Waals surface area (Å²) < 4.78 is 44.6. The van der Waals surface area contributed by atoms with Gasteiger partial charge in [0, 0.05) is 6.04 Å². The van der Waals surface area contributed by atoms with Gasteiger partial charge in [0.15, 0.2) is 0 Å². The maximum absolute atomic E-state index is 14.1. The Kier molecular flexibility index (Phi) is 9.26. The lowest BCUT2D eigenvalue weighted by atomic mass is 9.68. The molecule has 5 rings (SSSR count). The monoisotopic (exact) mass is 633 g/mol. The maximum atomic E-state index is 14.1. The molecule has 9 nitrogen and oxygen atoms in total. The van der Waals surface area contributed by atoms with E-state index in [-0.39, 0.29) is 28.5 Å². The van der Waals surface area contributed by atoms with Crippen molar-refractivity contribution in [2.24, 2.45) is 5.41 Å². The van der Waals surface area contributed by atoms with Crippen molar-refractivity contribution < 1.29 is 18.0 Å². The number of alkyl halides is 3. The number of amides is 1. The molecule has 46 heavy (non-hydrogen) atoms. The summed E-state index contributed by atoms with van der Waals surface area (Å²) in [6, 6.07) is 14.0. The lowest BCUT2D eigenvalue weighted by Crippen LogP contribution is -2.45. The summed E-state index contributed by atoms with van der Waals surface area (Å²) in [5, 5.41) is 16.7. The third-order valence-corrected chi connectivity index (χ3v) is 9.26.